The Hall–Kier alpha value is -11.2. The molecule has 0 atom stereocenters. The zero-order valence-electron chi connectivity index (χ0n) is 46.6. The number of hydrogen-bond acceptors (Lipinski definition) is 6. The molecule has 0 unspecified atom stereocenters. The number of nitrogens with zero attached hydrogens (tertiary/aromatic N) is 4. The van der Waals surface area contributed by atoms with Crippen LogP contribution in [0.1, 0.15) is 0 Å². The van der Waals surface area contributed by atoms with Crippen LogP contribution in [0, 0.1) is 0 Å². The van der Waals surface area contributed by atoms with Gasteiger partial charge in [0, 0.05) is 69.0 Å². The van der Waals surface area contributed by atoms with Crippen LogP contribution in [-0.4, -0.2) is 13.4 Å². The fourth-order valence-electron chi connectivity index (χ4n) is 14.5. The summed E-state index contributed by atoms with van der Waals surface area (Å²) in [6.45, 7) is -0.296. The lowest BCUT2D eigenvalue weighted by molar-refractivity contribution is 0.487. The van der Waals surface area contributed by atoms with E-state index < -0.39 is 0 Å². The molecule has 86 heavy (non-hydrogen) atoms. The van der Waals surface area contributed by atoms with E-state index in [1.807, 2.05) is 0 Å². The molecule has 14 aromatic rings. The molecule has 400 valence electrons. The Labute approximate surface area is 499 Å². The molecule has 0 aromatic heterocycles. The topological polar surface area (TPSA) is 31.4 Å². The van der Waals surface area contributed by atoms with E-state index in [2.05, 4.69) is 323 Å². The fraction of sp³-hybridized carbons (Fsp3) is 0. The molecule has 0 saturated carbocycles. The van der Waals surface area contributed by atoms with Crippen molar-refractivity contribution in [2.75, 3.05) is 19.6 Å². The van der Waals surface area contributed by atoms with Crippen LogP contribution >= 0.6 is 0 Å². The van der Waals surface area contributed by atoms with E-state index in [-0.39, 0.29) is 13.4 Å². The van der Waals surface area contributed by atoms with Gasteiger partial charge in [0.25, 0.3) is 13.4 Å². The van der Waals surface area contributed by atoms with E-state index in [1.54, 1.807) is 0 Å². The van der Waals surface area contributed by atoms with Crippen molar-refractivity contribution in [2.24, 2.45) is 0 Å². The minimum absolute atomic E-state index is 0.148. The summed E-state index contributed by atoms with van der Waals surface area (Å²) < 4.78 is 14.4. The van der Waals surface area contributed by atoms with Gasteiger partial charge in [-0.25, -0.2) is 0 Å². The smallest absolute Gasteiger partial charge is 0.256 e. The highest BCUT2D eigenvalue weighted by Crippen LogP contribution is 2.50. The lowest BCUT2D eigenvalue weighted by atomic mass is 9.33. The highest BCUT2D eigenvalue weighted by Gasteiger charge is 2.45. The lowest BCUT2D eigenvalue weighted by Crippen LogP contribution is -2.59. The van der Waals surface area contributed by atoms with Crippen LogP contribution in [-0.2, 0) is 0 Å². The number of hydrogen-bond donors (Lipinski definition) is 0. The summed E-state index contributed by atoms with van der Waals surface area (Å²) in [6.07, 6.45) is 0. The summed E-state index contributed by atoms with van der Waals surface area (Å²) >= 11 is 0. The Balaban J connectivity index is 0.919. The molecule has 0 fully saturated rings. The maximum atomic E-state index is 7.20. The molecular formula is C78H50B2N4O2. The van der Waals surface area contributed by atoms with Gasteiger partial charge in [-0.15, -0.1) is 0 Å². The Kier molecular flexibility index (Phi) is 10.8. The number of fused-ring (bicyclic) bond motifs is 14. The summed E-state index contributed by atoms with van der Waals surface area (Å²) in [5, 5.41) is 7.18. The van der Waals surface area contributed by atoms with Gasteiger partial charge >= 0.3 is 0 Å². The normalized spacial score (nSPS) is 13.0. The molecule has 8 heteroatoms. The van der Waals surface area contributed by atoms with Gasteiger partial charge in [0.15, 0.2) is 0 Å². The summed E-state index contributed by atoms with van der Waals surface area (Å²) in [5.74, 6) is 3.41. The van der Waals surface area contributed by atoms with E-state index in [1.165, 1.54) is 43.2 Å². The highest BCUT2D eigenvalue weighted by molar-refractivity contribution is 7.00. The van der Waals surface area contributed by atoms with Crippen LogP contribution in [0.5, 0.6) is 23.0 Å². The molecule has 0 bridgehead atoms. The van der Waals surface area contributed by atoms with Crippen LogP contribution in [0.3, 0.4) is 0 Å². The molecule has 4 heterocycles. The highest BCUT2D eigenvalue weighted by atomic mass is 16.5. The molecule has 4 aliphatic rings. The molecule has 4 aliphatic heterocycles. The minimum atomic E-state index is -0.148. The zero-order chi connectivity index (χ0) is 56.4. The summed E-state index contributed by atoms with van der Waals surface area (Å²) in [5.41, 5.74) is 19.9. The van der Waals surface area contributed by atoms with Crippen LogP contribution in [0.4, 0.5) is 68.2 Å². The first-order valence-electron chi connectivity index (χ1n) is 29.5. The largest absolute Gasteiger partial charge is 0.458 e. The SMILES string of the molecule is c1ccc(N(c2ccccc2)c2cc3c4c(c2)N(c2ccccc2)c2cc5c6ccccc6c6cc7c(cc6c5cc2B4c2ccccc2O3)B2c3ccccc3Oc3cc(N(c4ccccc4)c4ccccc4)cc(c32)N7c2ccccc2)cc1. The van der Waals surface area contributed by atoms with Crippen molar-refractivity contribution in [2.45, 2.75) is 0 Å². The number of ether oxygens (including phenoxy) is 2. The van der Waals surface area contributed by atoms with Crippen molar-refractivity contribution in [1.82, 2.24) is 0 Å². The van der Waals surface area contributed by atoms with Crippen LogP contribution in [0.2, 0.25) is 0 Å². The van der Waals surface area contributed by atoms with Crippen molar-refractivity contribution >= 4 is 147 Å². The second-order valence-corrected chi connectivity index (χ2v) is 22.7. The van der Waals surface area contributed by atoms with Crippen molar-refractivity contribution in [3.63, 3.8) is 0 Å². The number of benzene rings is 14. The zero-order valence-corrected chi connectivity index (χ0v) is 46.6. The first-order valence-corrected chi connectivity index (χ1v) is 29.5. The third kappa shape index (κ3) is 7.36. The third-order valence-electron chi connectivity index (χ3n) is 18.0. The first-order chi connectivity index (χ1) is 42.7. The van der Waals surface area contributed by atoms with Gasteiger partial charge in [0.05, 0.1) is 11.4 Å². The summed E-state index contributed by atoms with van der Waals surface area (Å²) in [6, 6.07) is 110. The molecule has 14 aromatic carbocycles. The minimum Gasteiger partial charge on any atom is -0.458 e. The van der Waals surface area contributed by atoms with Gasteiger partial charge in [-0.1, -0.05) is 182 Å². The Morgan fingerprint density at radius 3 is 0.919 bits per heavy atom. The monoisotopic (exact) mass is 1100 g/mol. The van der Waals surface area contributed by atoms with Gasteiger partial charge in [-0.3, -0.25) is 0 Å². The average Bonchev–Trinajstić information content (AvgIpc) is 0.734. The average molecular weight is 1100 g/mol. The van der Waals surface area contributed by atoms with E-state index in [0.717, 1.165) is 113 Å². The van der Waals surface area contributed by atoms with E-state index in [9.17, 15) is 0 Å². The predicted molar refractivity (Wildman–Crippen MR) is 360 cm³/mol. The fourth-order valence-corrected chi connectivity index (χ4v) is 14.5. The molecule has 0 radical (unpaired) electrons. The van der Waals surface area contributed by atoms with Crippen LogP contribution < -0.4 is 61.9 Å². The Bertz CT molecular complexity index is 4640. The molecule has 0 spiro atoms. The quantitative estimate of drug-likeness (QED) is 0.111. The van der Waals surface area contributed by atoms with Gasteiger partial charge < -0.3 is 29.1 Å². The number of anilines is 12. The Morgan fingerprint density at radius 2 is 0.547 bits per heavy atom. The van der Waals surface area contributed by atoms with Crippen molar-refractivity contribution in [1.29, 1.82) is 0 Å². The number of rotatable bonds is 8. The van der Waals surface area contributed by atoms with Crippen molar-refractivity contribution < 1.29 is 9.47 Å². The van der Waals surface area contributed by atoms with E-state index >= 15 is 0 Å². The third-order valence-corrected chi connectivity index (χ3v) is 18.0. The Morgan fingerprint density at radius 1 is 0.233 bits per heavy atom. The predicted octanol–water partition coefficient (Wildman–Crippen LogP) is 16.9. The van der Waals surface area contributed by atoms with Gasteiger partial charge in [0.1, 0.15) is 23.0 Å². The lowest BCUT2D eigenvalue weighted by Gasteiger charge is -2.42. The maximum absolute atomic E-state index is 7.20. The number of para-hydroxylation sites is 8. The molecule has 0 saturated heterocycles. The maximum Gasteiger partial charge on any atom is 0.256 e. The standard InChI is InChI=1S/C78H50B2N4O2/c1-7-25-51(26-8-1)81(52-27-9-2-10-28-52)57-43-71-77-75(45-57)85-73-41-23-21-39-65(73)79(77)67-47-61-62-48-68-70(50-64(62)60-38-20-19-37-59(60)63(61)49-69(67)83(71)55-33-15-5-16-34-55)84(56-35-17-6-18-36-56)72-44-58(46-76-78(72)80(68)66-40-22-24-42-74(66)86-76)82(53-29-11-3-12-30-53)54-31-13-4-14-32-54/h1-50H. The summed E-state index contributed by atoms with van der Waals surface area (Å²) in [7, 11) is 0. The molecule has 6 nitrogen and oxygen atoms in total. The first kappa shape index (κ1) is 48.3. The second kappa shape index (κ2) is 19.2. The molecule has 0 amide bonds. The molecular weight excluding hydrogens is 1050 g/mol. The van der Waals surface area contributed by atoms with Gasteiger partial charge in [-0.05, 0) is 174 Å². The van der Waals surface area contributed by atoms with Crippen LogP contribution in [0.15, 0.2) is 303 Å². The van der Waals surface area contributed by atoms with E-state index in [0.29, 0.717) is 0 Å². The van der Waals surface area contributed by atoms with Crippen molar-refractivity contribution in [3.05, 3.63) is 303 Å². The molecule has 0 aliphatic carbocycles. The summed E-state index contributed by atoms with van der Waals surface area (Å²) in [4.78, 5) is 9.67. The molecule has 0 N–H and O–H groups in total. The van der Waals surface area contributed by atoms with Crippen LogP contribution in [0.25, 0.3) is 32.3 Å². The van der Waals surface area contributed by atoms with Gasteiger partial charge in [-0.2, -0.15) is 0 Å². The van der Waals surface area contributed by atoms with E-state index in [4.69, 9.17) is 9.47 Å². The second-order valence-electron chi connectivity index (χ2n) is 22.7. The van der Waals surface area contributed by atoms with Gasteiger partial charge in [0.2, 0.25) is 0 Å². The molecule has 18 rings (SSSR count). The van der Waals surface area contributed by atoms with Crippen molar-refractivity contribution in [3.8, 4) is 23.0 Å².